The zero-order chi connectivity index (χ0) is 14.5. The molecule has 1 aliphatic carbocycles. The van der Waals surface area contributed by atoms with Gasteiger partial charge in [0.15, 0.2) is 0 Å². The smallest absolute Gasteiger partial charge is 0.129 e. The molecule has 0 spiro atoms. The molecule has 1 heterocycles. The van der Waals surface area contributed by atoms with Crippen molar-refractivity contribution < 1.29 is 0 Å². The van der Waals surface area contributed by atoms with Gasteiger partial charge >= 0.3 is 0 Å². The molecule has 0 bridgehead atoms. The Labute approximate surface area is 123 Å². The Hall–Kier alpha value is -1.09. The van der Waals surface area contributed by atoms with E-state index in [-0.39, 0.29) is 0 Å². The summed E-state index contributed by atoms with van der Waals surface area (Å²) in [4.78, 5) is 7.27. The van der Waals surface area contributed by atoms with E-state index >= 15 is 0 Å². The predicted octanol–water partition coefficient (Wildman–Crippen LogP) is 3.66. The van der Waals surface area contributed by atoms with Crippen molar-refractivity contribution in [3.05, 3.63) is 23.4 Å². The van der Waals surface area contributed by atoms with Gasteiger partial charge < -0.3 is 10.2 Å². The monoisotopic (exact) mass is 275 g/mol. The van der Waals surface area contributed by atoms with Crippen LogP contribution >= 0.6 is 0 Å². The van der Waals surface area contributed by atoms with Crippen LogP contribution in [0.5, 0.6) is 0 Å². The molecule has 0 atom stereocenters. The highest BCUT2D eigenvalue weighted by atomic mass is 15.2. The van der Waals surface area contributed by atoms with Crippen LogP contribution in [0, 0.1) is 6.92 Å². The fourth-order valence-electron chi connectivity index (χ4n) is 3.12. The number of hydrogen-bond donors (Lipinski definition) is 1. The zero-order valence-electron chi connectivity index (χ0n) is 13.4. The lowest BCUT2D eigenvalue weighted by molar-refractivity contribution is 0.585. The molecule has 1 aromatic heterocycles. The fourth-order valence-corrected chi connectivity index (χ4v) is 3.12. The molecule has 1 N–H and O–H groups in total. The maximum atomic E-state index is 4.77. The van der Waals surface area contributed by atoms with E-state index in [2.05, 4.69) is 50.0 Å². The normalized spacial score (nSPS) is 16.1. The van der Waals surface area contributed by atoms with Crippen LogP contribution in [-0.2, 0) is 6.54 Å². The summed E-state index contributed by atoms with van der Waals surface area (Å²) in [5, 5.41) is 3.50. The van der Waals surface area contributed by atoms with E-state index in [1.807, 2.05) is 0 Å². The van der Waals surface area contributed by atoms with Crippen molar-refractivity contribution in [2.45, 2.75) is 72.0 Å². The lowest BCUT2D eigenvalue weighted by atomic mass is 10.1. The van der Waals surface area contributed by atoms with E-state index in [9.17, 15) is 0 Å². The molecular weight excluding hydrogens is 246 g/mol. The molecule has 0 unspecified atom stereocenters. The summed E-state index contributed by atoms with van der Waals surface area (Å²) in [5.41, 5.74) is 2.47. The topological polar surface area (TPSA) is 28.2 Å². The summed E-state index contributed by atoms with van der Waals surface area (Å²) in [6.07, 6.45) is 5.38. The molecule has 3 nitrogen and oxygen atoms in total. The molecule has 1 saturated carbocycles. The van der Waals surface area contributed by atoms with E-state index in [1.54, 1.807) is 0 Å². The molecule has 1 aromatic rings. The van der Waals surface area contributed by atoms with Crippen molar-refractivity contribution in [2.75, 3.05) is 11.4 Å². The third kappa shape index (κ3) is 3.95. The minimum atomic E-state index is 0.518. The van der Waals surface area contributed by atoms with Crippen molar-refractivity contribution in [3.63, 3.8) is 0 Å². The molecule has 1 fully saturated rings. The van der Waals surface area contributed by atoms with Gasteiger partial charge in [0.25, 0.3) is 0 Å². The second-order valence-corrected chi connectivity index (χ2v) is 6.23. The number of anilines is 1. The first-order chi connectivity index (χ1) is 9.60. The minimum absolute atomic E-state index is 0.518. The lowest BCUT2D eigenvalue weighted by Gasteiger charge is -2.29. The Kier molecular flexibility index (Phi) is 5.41. The van der Waals surface area contributed by atoms with Crippen LogP contribution in [0.3, 0.4) is 0 Å². The van der Waals surface area contributed by atoms with Crippen molar-refractivity contribution in [1.29, 1.82) is 0 Å². The van der Waals surface area contributed by atoms with E-state index in [0.717, 1.165) is 18.8 Å². The van der Waals surface area contributed by atoms with Crippen LogP contribution in [0.4, 0.5) is 5.82 Å². The van der Waals surface area contributed by atoms with Gasteiger partial charge in [0, 0.05) is 30.9 Å². The van der Waals surface area contributed by atoms with Crippen molar-refractivity contribution >= 4 is 5.82 Å². The largest absolute Gasteiger partial charge is 0.354 e. The molecular formula is C17H29N3. The fraction of sp³-hybridized carbons (Fsp3) is 0.706. The number of nitrogens with zero attached hydrogens (tertiary/aromatic N) is 2. The molecule has 0 aromatic carbocycles. The standard InChI is InChI=1S/C17H29N3/c1-5-20(16-8-6-7-9-16)17-11-15(10-14(4)19-17)12-18-13(2)3/h10-11,13,16,18H,5-9,12H2,1-4H3. The van der Waals surface area contributed by atoms with Gasteiger partial charge in [-0.3, -0.25) is 0 Å². The summed E-state index contributed by atoms with van der Waals surface area (Å²) in [6.45, 7) is 10.7. The highest BCUT2D eigenvalue weighted by molar-refractivity contribution is 5.44. The van der Waals surface area contributed by atoms with Gasteiger partial charge in [-0.05, 0) is 44.4 Å². The average molecular weight is 275 g/mol. The molecule has 0 radical (unpaired) electrons. The van der Waals surface area contributed by atoms with E-state index in [1.165, 1.54) is 37.1 Å². The van der Waals surface area contributed by atoms with E-state index in [4.69, 9.17) is 4.98 Å². The first kappa shape index (κ1) is 15.3. The Balaban J connectivity index is 2.16. The third-order valence-electron chi connectivity index (χ3n) is 4.11. The Morgan fingerprint density at radius 3 is 2.60 bits per heavy atom. The zero-order valence-corrected chi connectivity index (χ0v) is 13.4. The Morgan fingerprint density at radius 1 is 1.30 bits per heavy atom. The van der Waals surface area contributed by atoms with Crippen molar-refractivity contribution in [3.8, 4) is 0 Å². The summed E-state index contributed by atoms with van der Waals surface area (Å²) in [7, 11) is 0. The maximum Gasteiger partial charge on any atom is 0.129 e. The second kappa shape index (κ2) is 7.07. The minimum Gasteiger partial charge on any atom is -0.354 e. The number of rotatable bonds is 6. The summed E-state index contributed by atoms with van der Waals surface area (Å²) >= 11 is 0. The molecule has 1 aliphatic rings. The van der Waals surface area contributed by atoms with Crippen molar-refractivity contribution in [1.82, 2.24) is 10.3 Å². The number of aromatic nitrogens is 1. The predicted molar refractivity (Wildman–Crippen MR) is 86.2 cm³/mol. The summed E-state index contributed by atoms with van der Waals surface area (Å²) in [6, 6.07) is 5.68. The number of pyridine rings is 1. The molecule has 2 rings (SSSR count). The number of hydrogen-bond acceptors (Lipinski definition) is 3. The lowest BCUT2D eigenvalue weighted by Crippen LogP contribution is -2.34. The maximum absolute atomic E-state index is 4.77. The van der Waals surface area contributed by atoms with Gasteiger partial charge in [-0.15, -0.1) is 0 Å². The van der Waals surface area contributed by atoms with Crippen molar-refractivity contribution in [2.24, 2.45) is 0 Å². The third-order valence-corrected chi connectivity index (χ3v) is 4.11. The summed E-state index contributed by atoms with van der Waals surface area (Å²) in [5.74, 6) is 1.17. The summed E-state index contributed by atoms with van der Waals surface area (Å²) < 4.78 is 0. The highest BCUT2D eigenvalue weighted by Crippen LogP contribution is 2.27. The van der Waals surface area contributed by atoms with E-state index in [0.29, 0.717) is 12.1 Å². The van der Waals surface area contributed by atoms with Crippen LogP contribution in [0.25, 0.3) is 0 Å². The van der Waals surface area contributed by atoms with Gasteiger partial charge in [-0.2, -0.15) is 0 Å². The number of aryl methyl sites for hydroxylation is 1. The second-order valence-electron chi connectivity index (χ2n) is 6.23. The van der Waals surface area contributed by atoms with Gasteiger partial charge in [-0.1, -0.05) is 26.7 Å². The molecule has 20 heavy (non-hydrogen) atoms. The van der Waals surface area contributed by atoms with Gasteiger partial charge in [0.05, 0.1) is 0 Å². The van der Waals surface area contributed by atoms with Gasteiger partial charge in [-0.25, -0.2) is 4.98 Å². The van der Waals surface area contributed by atoms with Gasteiger partial charge in [0.2, 0.25) is 0 Å². The van der Waals surface area contributed by atoms with Crippen LogP contribution < -0.4 is 10.2 Å². The van der Waals surface area contributed by atoms with Crippen LogP contribution in [0.15, 0.2) is 12.1 Å². The molecule has 0 amide bonds. The van der Waals surface area contributed by atoms with Crippen LogP contribution in [0.2, 0.25) is 0 Å². The Bertz CT molecular complexity index is 422. The highest BCUT2D eigenvalue weighted by Gasteiger charge is 2.22. The first-order valence-corrected chi connectivity index (χ1v) is 8.07. The quantitative estimate of drug-likeness (QED) is 0.859. The molecule has 0 saturated heterocycles. The first-order valence-electron chi connectivity index (χ1n) is 8.07. The Morgan fingerprint density at radius 2 is 2.00 bits per heavy atom. The molecule has 112 valence electrons. The average Bonchev–Trinajstić information content (AvgIpc) is 2.90. The number of nitrogens with one attached hydrogen (secondary N) is 1. The van der Waals surface area contributed by atoms with Gasteiger partial charge in [0.1, 0.15) is 5.82 Å². The van der Waals surface area contributed by atoms with Crippen LogP contribution in [0.1, 0.15) is 57.7 Å². The van der Waals surface area contributed by atoms with Crippen LogP contribution in [-0.4, -0.2) is 23.6 Å². The molecule has 0 aliphatic heterocycles. The molecule has 3 heteroatoms. The SMILES string of the molecule is CCN(c1cc(CNC(C)C)cc(C)n1)C1CCCC1. The van der Waals surface area contributed by atoms with E-state index < -0.39 is 0 Å².